The number of aryl methyl sites for hydroxylation is 1. The van der Waals surface area contributed by atoms with Crippen LogP contribution in [0.3, 0.4) is 0 Å². The van der Waals surface area contributed by atoms with Crippen molar-refractivity contribution in [3.8, 4) is 0 Å². The summed E-state index contributed by atoms with van der Waals surface area (Å²) in [6, 6.07) is 11.1. The number of halogens is 2. The maximum Gasteiger partial charge on any atom is 0.251 e. The molecule has 0 bridgehead atoms. The number of hydrogen-bond donors (Lipinski definition) is 1. The van der Waals surface area contributed by atoms with Crippen molar-refractivity contribution in [1.82, 2.24) is 10.2 Å². The van der Waals surface area contributed by atoms with Crippen LogP contribution in [-0.2, 0) is 0 Å². The third-order valence-electron chi connectivity index (χ3n) is 4.46. The molecule has 0 aliphatic carbocycles. The Labute approximate surface area is 159 Å². The number of piperidine rings is 1. The summed E-state index contributed by atoms with van der Waals surface area (Å²) in [5, 5.41) is 3.60. The highest BCUT2D eigenvalue weighted by atomic mass is 35.5. The Kier molecular flexibility index (Phi) is 7.36. The minimum Gasteiger partial charge on any atom is -0.465 e. The number of amides is 1. The molecule has 25 heavy (non-hydrogen) atoms. The zero-order valence-corrected chi connectivity index (χ0v) is 15.9. The predicted molar refractivity (Wildman–Crippen MR) is 103 cm³/mol. The molecule has 1 aliphatic heterocycles. The largest absolute Gasteiger partial charge is 0.465 e. The van der Waals surface area contributed by atoms with Crippen LogP contribution in [0.5, 0.6) is 0 Å². The van der Waals surface area contributed by atoms with E-state index in [1.807, 2.05) is 19.1 Å². The molecule has 2 aromatic rings. The first-order chi connectivity index (χ1) is 11.6. The minimum absolute atomic E-state index is 0. The second kappa shape index (κ2) is 9.27. The molecule has 1 saturated heterocycles. The van der Waals surface area contributed by atoms with Crippen molar-refractivity contribution < 1.29 is 9.21 Å². The molecule has 2 heterocycles. The van der Waals surface area contributed by atoms with Crippen molar-refractivity contribution >= 4 is 29.9 Å². The molecular formula is C19H24Cl2N2O2. The van der Waals surface area contributed by atoms with Gasteiger partial charge in [0.2, 0.25) is 0 Å². The third-order valence-corrected chi connectivity index (χ3v) is 4.70. The second-order valence-electron chi connectivity index (χ2n) is 6.28. The molecule has 0 spiro atoms. The van der Waals surface area contributed by atoms with Gasteiger partial charge in [-0.15, -0.1) is 12.4 Å². The number of nitrogens with one attached hydrogen (secondary N) is 1. The van der Waals surface area contributed by atoms with Gasteiger partial charge >= 0.3 is 0 Å². The summed E-state index contributed by atoms with van der Waals surface area (Å²) in [5.41, 5.74) is 0.579. The van der Waals surface area contributed by atoms with Crippen molar-refractivity contribution in [2.75, 3.05) is 19.6 Å². The number of hydrogen-bond acceptors (Lipinski definition) is 3. The van der Waals surface area contributed by atoms with Crippen molar-refractivity contribution in [2.45, 2.75) is 32.2 Å². The van der Waals surface area contributed by atoms with Gasteiger partial charge in [0.25, 0.3) is 5.91 Å². The summed E-state index contributed by atoms with van der Waals surface area (Å²) in [5.74, 6) is 1.71. The molecule has 6 heteroatoms. The maximum atomic E-state index is 12.4. The minimum atomic E-state index is -0.109. The lowest BCUT2D eigenvalue weighted by molar-refractivity contribution is 0.0913. The summed E-state index contributed by atoms with van der Waals surface area (Å²) < 4.78 is 5.84. The molecule has 4 nitrogen and oxygen atoms in total. The number of rotatable bonds is 5. The molecule has 1 atom stereocenters. The van der Waals surface area contributed by atoms with Gasteiger partial charge in [0, 0.05) is 17.1 Å². The zero-order valence-electron chi connectivity index (χ0n) is 14.3. The Morgan fingerprint density at radius 1 is 1.24 bits per heavy atom. The Morgan fingerprint density at radius 2 is 2.00 bits per heavy atom. The monoisotopic (exact) mass is 382 g/mol. The highest BCUT2D eigenvalue weighted by Gasteiger charge is 2.25. The normalized spacial score (nSPS) is 16.1. The van der Waals surface area contributed by atoms with E-state index < -0.39 is 0 Å². The van der Waals surface area contributed by atoms with Crippen LogP contribution < -0.4 is 5.32 Å². The Bertz CT molecular complexity index is 696. The fourth-order valence-electron chi connectivity index (χ4n) is 3.19. The molecule has 1 N–H and O–H groups in total. The Morgan fingerprint density at radius 3 is 2.64 bits per heavy atom. The van der Waals surface area contributed by atoms with E-state index in [4.69, 9.17) is 16.0 Å². The fourth-order valence-corrected chi connectivity index (χ4v) is 3.38. The Balaban J connectivity index is 0.00000225. The van der Waals surface area contributed by atoms with E-state index in [-0.39, 0.29) is 24.4 Å². The first kappa shape index (κ1) is 19.8. The molecule has 1 amide bonds. The van der Waals surface area contributed by atoms with E-state index in [0.29, 0.717) is 17.1 Å². The lowest BCUT2D eigenvalue weighted by atomic mass is 10.1. The van der Waals surface area contributed by atoms with Crippen LogP contribution in [-0.4, -0.2) is 30.4 Å². The van der Waals surface area contributed by atoms with Gasteiger partial charge in [0.1, 0.15) is 11.5 Å². The van der Waals surface area contributed by atoms with Gasteiger partial charge in [-0.1, -0.05) is 24.1 Å². The number of carbonyl (C=O) groups is 1. The first-order valence-electron chi connectivity index (χ1n) is 8.47. The van der Waals surface area contributed by atoms with Crippen LogP contribution in [0.1, 0.15) is 47.2 Å². The second-order valence-corrected chi connectivity index (χ2v) is 6.72. The molecule has 136 valence electrons. The van der Waals surface area contributed by atoms with Crippen LogP contribution in [0.2, 0.25) is 5.02 Å². The van der Waals surface area contributed by atoms with Crippen LogP contribution in [0.25, 0.3) is 0 Å². The van der Waals surface area contributed by atoms with Crippen LogP contribution >= 0.6 is 24.0 Å². The van der Waals surface area contributed by atoms with Crippen molar-refractivity contribution in [1.29, 1.82) is 0 Å². The van der Waals surface area contributed by atoms with E-state index in [9.17, 15) is 4.79 Å². The Hall–Kier alpha value is -1.49. The van der Waals surface area contributed by atoms with Crippen molar-refractivity contribution in [3.05, 3.63) is 58.5 Å². The van der Waals surface area contributed by atoms with Gasteiger partial charge in [-0.2, -0.15) is 0 Å². The first-order valence-corrected chi connectivity index (χ1v) is 8.85. The molecule has 1 aromatic heterocycles. The third kappa shape index (κ3) is 5.24. The van der Waals surface area contributed by atoms with E-state index >= 15 is 0 Å². The summed E-state index contributed by atoms with van der Waals surface area (Å²) in [6.45, 7) is 4.55. The summed E-state index contributed by atoms with van der Waals surface area (Å²) >= 11 is 5.97. The van der Waals surface area contributed by atoms with Gasteiger partial charge < -0.3 is 9.73 Å². The van der Waals surface area contributed by atoms with Gasteiger partial charge in [0.15, 0.2) is 0 Å². The highest BCUT2D eigenvalue weighted by Crippen LogP contribution is 2.25. The van der Waals surface area contributed by atoms with Gasteiger partial charge in [-0.25, -0.2) is 0 Å². The number of benzene rings is 1. The quantitative estimate of drug-likeness (QED) is 0.820. The molecular weight excluding hydrogens is 359 g/mol. The SMILES string of the molecule is Cc1ccc(C(CNC(=O)c2cccc(Cl)c2)N2CCCCC2)o1.Cl. The lowest BCUT2D eigenvalue weighted by Gasteiger charge is -2.33. The zero-order chi connectivity index (χ0) is 16.9. The summed E-state index contributed by atoms with van der Waals surface area (Å²) in [6.07, 6.45) is 3.66. The highest BCUT2D eigenvalue weighted by molar-refractivity contribution is 6.30. The average molecular weight is 383 g/mol. The molecule has 3 rings (SSSR count). The molecule has 0 radical (unpaired) electrons. The van der Waals surface area contributed by atoms with Crippen molar-refractivity contribution in [3.63, 3.8) is 0 Å². The van der Waals surface area contributed by atoms with E-state index in [0.717, 1.165) is 24.6 Å². The number of likely N-dealkylation sites (tertiary alicyclic amines) is 1. The molecule has 1 unspecified atom stereocenters. The molecule has 0 saturated carbocycles. The number of carbonyl (C=O) groups excluding carboxylic acids is 1. The van der Waals surface area contributed by atoms with E-state index in [2.05, 4.69) is 10.2 Å². The van der Waals surface area contributed by atoms with Crippen LogP contribution in [0.4, 0.5) is 0 Å². The standard InChI is InChI=1S/C19H23ClN2O2.ClH/c1-14-8-9-18(24-14)17(22-10-3-2-4-11-22)13-21-19(23)15-6-5-7-16(20)12-15;/h5-9,12,17H,2-4,10-11,13H2,1H3,(H,21,23);1H. The topological polar surface area (TPSA) is 45.5 Å². The predicted octanol–water partition coefficient (Wildman–Crippen LogP) is 4.62. The van der Waals surface area contributed by atoms with Gasteiger partial charge in [0.05, 0.1) is 6.04 Å². The lowest BCUT2D eigenvalue weighted by Crippen LogP contribution is -2.40. The number of furan rings is 1. The van der Waals surface area contributed by atoms with E-state index in [1.54, 1.807) is 24.3 Å². The van der Waals surface area contributed by atoms with Crippen LogP contribution in [0.15, 0.2) is 40.8 Å². The number of nitrogens with zero attached hydrogens (tertiary/aromatic N) is 1. The summed E-state index contributed by atoms with van der Waals surface area (Å²) in [7, 11) is 0. The maximum absolute atomic E-state index is 12.4. The van der Waals surface area contributed by atoms with Crippen molar-refractivity contribution in [2.24, 2.45) is 0 Å². The molecule has 1 fully saturated rings. The smallest absolute Gasteiger partial charge is 0.251 e. The van der Waals surface area contributed by atoms with Crippen LogP contribution in [0, 0.1) is 6.92 Å². The summed E-state index contributed by atoms with van der Waals surface area (Å²) in [4.78, 5) is 14.8. The van der Waals surface area contributed by atoms with E-state index in [1.165, 1.54) is 19.3 Å². The van der Waals surface area contributed by atoms with Gasteiger partial charge in [-0.3, -0.25) is 9.69 Å². The van der Waals surface area contributed by atoms with Gasteiger partial charge in [-0.05, 0) is 63.2 Å². The molecule has 1 aliphatic rings. The fraction of sp³-hybridized carbons (Fsp3) is 0.421. The average Bonchev–Trinajstić information content (AvgIpc) is 3.02. The molecule has 1 aromatic carbocycles.